The Kier molecular flexibility index (Phi) is 24.5. The Labute approximate surface area is 274 Å². The predicted molar refractivity (Wildman–Crippen MR) is 171 cm³/mol. The number of esters is 1. The minimum absolute atomic E-state index is 0. The van der Waals surface area contributed by atoms with Crippen LogP contribution in [0.25, 0.3) is 0 Å². The van der Waals surface area contributed by atoms with Crippen LogP contribution in [0.5, 0.6) is 0 Å². The molecule has 248 valence electrons. The van der Waals surface area contributed by atoms with Crippen LogP contribution >= 0.6 is 0 Å². The highest BCUT2D eigenvalue weighted by Crippen LogP contribution is 2.26. The van der Waals surface area contributed by atoms with Crippen LogP contribution < -0.4 is 26.9 Å². The van der Waals surface area contributed by atoms with E-state index in [1.165, 1.54) is 128 Å². The number of carbonyl (C=O) groups excluding carboxylic acids is 2. The van der Waals surface area contributed by atoms with Gasteiger partial charge in [0, 0.05) is 38.3 Å². The third-order valence-corrected chi connectivity index (χ3v) is 8.88. The Morgan fingerprint density at radius 3 is 1.93 bits per heavy atom. The molecule has 0 aliphatic heterocycles. The van der Waals surface area contributed by atoms with Crippen molar-refractivity contribution in [2.75, 3.05) is 13.7 Å². The maximum absolute atomic E-state index is 12.4. The summed E-state index contributed by atoms with van der Waals surface area (Å²) in [6.07, 6.45) is 31.3. The molecule has 1 aromatic rings. The summed E-state index contributed by atoms with van der Waals surface area (Å²) >= 11 is 0. The van der Waals surface area contributed by atoms with Gasteiger partial charge in [0.2, 0.25) is 0 Å². The van der Waals surface area contributed by atoms with Gasteiger partial charge in [-0.05, 0) is 38.2 Å². The van der Waals surface area contributed by atoms with Gasteiger partial charge in [-0.3, -0.25) is 4.79 Å². The molecule has 1 amide bonds. The van der Waals surface area contributed by atoms with Crippen molar-refractivity contribution in [3.05, 3.63) is 29.6 Å². The van der Waals surface area contributed by atoms with E-state index in [1.54, 1.807) is 0 Å². The number of rotatable bonds is 25. The minimum Gasteiger partial charge on any atom is -1.00 e. The van der Waals surface area contributed by atoms with E-state index >= 15 is 0 Å². The van der Waals surface area contributed by atoms with Gasteiger partial charge in [0.25, 0.3) is 0 Å². The van der Waals surface area contributed by atoms with Crippen molar-refractivity contribution in [2.24, 2.45) is 0 Å². The van der Waals surface area contributed by atoms with Gasteiger partial charge in [-0.15, -0.1) is 0 Å². The van der Waals surface area contributed by atoms with Gasteiger partial charge in [0.1, 0.15) is 6.61 Å². The molecule has 1 fully saturated rings. The molecule has 43 heavy (non-hydrogen) atoms. The van der Waals surface area contributed by atoms with Crippen LogP contribution in [0.15, 0.2) is 18.3 Å². The van der Waals surface area contributed by atoms with Crippen molar-refractivity contribution in [3.63, 3.8) is 0 Å². The van der Waals surface area contributed by atoms with Crippen molar-refractivity contribution in [1.82, 2.24) is 5.32 Å². The molecule has 0 radical (unpaired) electrons. The van der Waals surface area contributed by atoms with Gasteiger partial charge in [0.05, 0.1) is 12.7 Å². The van der Waals surface area contributed by atoms with Crippen LogP contribution in [0.2, 0.25) is 0 Å². The Bertz CT molecular complexity index is 845. The molecule has 2 rings (SSSR count). The zero-order valence-electron chi connectivity index (χ0n) is 27.7. The molecule has 0 unspecified atom stereocenters. The fraction of sp³-hybridized carbons (Fsp3) is 0.806. The summed E-state index contributed by atoms with van der Waals surface area (Å²) in [7, 11) is 1.44. The molecule has 0 spiro atoms. The summed E-state index contributed by atoms with van der Waals surface area (Å²) < 4.78 is 12.8. The fourth-order valence-corrected chi connectivity index (χ4v) is 6.27. The number of unbranched alkanes of at least 4 members (excludes halogenated alkanes) is 16. The van der Waals surface area contributed by atoms with Crippen LogP contribution in [0.1, 0.15) is 172 Å². The number of halogens is 1. The second-order valence-corrected chi connectivity index (χ2v) is 12.4. The number of hydrogen-bond donors (Lipinski definition) is 1. The molecule has 1 aromatic heterocycles. The predicted octanol–water partition coefficient (Wildman–Crippen LogP) is 6.47. The number of pyridine rings is 1. The average Bonchev–Trinajstić information content (AvgIpc) is 3.55. The van der Waals surface area contributed by atoms with Gasteiger partial charge in [-0.25, -0.2) is 4.79 Å². The third-order valence-electron chi connectivity index (χ3n) is 8.88. The maximum atomic E-state index is 12.4. The molecule has 0 aromatic carbocycles. The molecule has 1 N–H and O–H groups in total. The van der Waals surface area contributed by atoms with Crippen LogP contribution in [0.3, 0.4) is 0 Å². The fourth-order valence-electron chi connectivity index (χ4n) is 6.27. The summed E-state index contributed by atoms with van der Waals surface area (Å²) in [6, 6.07) is 4.66. The van der Waals surface area contributed by atoms with E-state index in [4.69, 9.17) is 9.47 Å². The highest BCUT2D eigenvalue weighted by atomic mass is 79.9. The van der Waals surface area contributed by atoms with Gasteiger partial charge in [-0.1, -0.05) is 103 Å². The minimum atomic E-state index is -0.330. The first kappa shape index (κ1) is 39.4. The Balaban J connectivity index is 0.00000924. The Morgan fingerprint density at radius 1 is 0.814 bits per heavy atom. The SMILES string of the molecule is CCCCCCCCCCCCCCCCCCNC(=O)OCc1ccc[n+](C2CCCC2)c1CCCCC(=O)OC.[Br-]. The van der Waals surface area contributed by atoms with E-state index in [9.17, 15) is 9.59 Å². The summed E-state index contributed by atoms with van der Waals surface area (Å²) in [6.45, 7) is 3.24. The Morgan fingerprint density at radius 2 is 1.37 bits per heavy atom. The molecule has 1 aliphatic rings. The van der Waals surface area contributed by atoms with E-state index in [-0.39, 0.29) is 35.7 Å². The highest BCUT2D eigenvalue weighted by Gasteiger charge is 2.28. The van der Waals surface area contributed by atoms with E-state index in [1.807, 2.05) is 0 Å². The van der Waals surface area contributed by atoms with E-state index < -0.39 is 0 Å². The van der Waals surface area contributed by atoms with Crippen molar-refractivity contribution >= 4 is 12.1 Å². The lowest BCUT2D eigenvalue weighted by Crippen LogP contribution is -3.00. The number of methoxy groups -OCH3 is 1. The molecule has 1 saturated carbocycles. The first-order chi connectivity index (χ1) is 20.7. The number of alkyl carbamates (subject to hydrolysis) is 1. The van der Waals surface area contributed by atoms with Crippen LogP contribution in [-0.2, 0) is 27.3 Å². The molecule has 1 heterocycles. The molecule has 1 aliphatic carbocycles. The molecule has 7 heteroatoms. The molecular weight excluding hydrogens is 604 g/mol. The lowest BCUT2D eigenvalue weighted by atomic mass is 10.0. The summed E-state index contributed by atoms with van der Waals surface area (Å²) in [5, 5.41) is 2.94. The number of carbonyl (C=O) groups is 2. The maximum Gasteiger partial charge on any atom is 0.407 e. The summed E-state index contributed by atoms with van der Waals surface area (Å²) in [4.78, 5) is 23.9. The quantitative estimate of drug-likeness (QED) is 0.0738. The van der Waals surface area contributed by atoms with Crippen molar-refractivity contribution < 1.29 is 40.6 Å². The van der Waals surface area contributed by atoms with Crippen LogP contribution in [-0.4, -0.2) is 25.7 Å². The van der Waals surface area contributed by atoms with Gasteiger partial charge < -0.3 is 31.8 Å². The first-order valence-electron chi connectivity index (χ1n) is 17.6. The summed E-state index contributed by atoms with van der Waals surface area (Å²) in [5.41, 5.74) is 2.31. The number of amides is 1. The number of aromatic nitrogens is 1. The lowest BCUT2D eigenvalue weighted by Gasteiger charge is -2.14. The molecular formula is C36H63BrN2O4. The van der Waals surface area contributed by atoms with E-state index in [0.717, 1.165) is 37.7 Å². The van der Waals surface area contributed by atoms with Crippen molar-refractivity contribution in [2.45, 2.75) is 174 Å². The number of nitrogens with one attached hydrogen (secondary N) is 1. The second kappa shape index (κ2) is 26.7. The monoisotopic (exact) mass is 666 g/mol. The number of nitrogens with zero attached hydrogens (tertiary/aromatic N) is 1. The van der Waals surface area contributed by atoms with Crippen LogP contribution in [0, 0.1) is 0 Å². The normalized spacial score (nSPS) is 13.1. The van der Waals surface area contributed by atoms with E-state index in [0.29, 0.717) is 19.0 Å². The smallest absolute Gasteiger partial charge is 0.407 e. The van der Waals surface area contributed by atoms with Crippen molar-refractivity contribution in [1.29, 1.82) is 0 Å². The Hall–Kier alpha value is -1.63. The zero-order valence-corrected chi connectivity index (χ0v) is 29.2. The number of hydrogen-bond acceptors (Lipinski definition) is 4. The van der Waals surface area contributed by atoms with Gasteiger partial charge >= 0.3 is 12.1 Å². The molecule has 0 bridgehead atoms. The van der Waals surface area contributed by atoms with Gasteiger partial charge in [0.15, 0.2) is 17.9 Å². The van der Waals surface area contributed by atoms with Gasteiger partial charge in [-0.2, -0.15) is 4.57 Å². The first-order valence-corrected chi connectivity index (χ1v) is 17.6. The standard InChI is InChI=1S/C36H62N2O4.BrH/c1-3-4-5-6-7-8-9-10-11-12-13-14-15-16-17-22-29-37-36(40)42-31-32-24-23-30-38(33-25-18-19-26-33)34(32)27-20-21-28-35(39)41-2;/h23-24,30,33H,3-22,25-29,31H2,1-2H3;1H. The van der Waals surface area contributed by atoms with Crippen LogP contribution in [0.4, 0.5) is 4.79 Å². The van der Waals surface area contributed by atoms with E-state index in [2.05, 4.69) is 35.1 Å². The zero-order chi connectivity index (χ0) is 30.1. The number of ether oxygens (including phenoxy) is 2. The lowest BCUT2D eigenvalue weighted by molar-refractivity contribution is -0.729. The molecule has 0 atom stereocenters. The topological polar surface area (TPSA) is 68.5 Å². The molecule has 6 nitrogen and oxygen atoms in total. The summed E-state index contributed by atoms with van der Waals surface area (Å²) in [5.74, 6) is -0.156. The highest BCUT2D eigenvalue weighted by molar-refractivity contribution is 5.69. The molecule has 0 saturated heterocycles. The largest absolute Gasteiger partial charge is 1.00 e. The second-order valence-electron chi connectivity index (χ2n) is 12.4. The third kappa shape index (κ3) is 18.7. The van der Waals surface area contributed by atoms with Crippen molar-refractivity contribution in [3.8, 4) is 0 Å². The average molecular weight is 668 g/mol.